The van der Waals surface area contributed by atoms with Crippen molar-refractivity contribution < 1.29 is 13.2 Å². The summed E-state index contributed by atoms with van der Waals surface area (Å²) in [5, 5.41) is 3.55. The molecule has 6 nitrogen and oxygen atoms in total. The minimum Gasteiger partial charge on any atom is -0.326 e. The van der Waals surface area contributed by atoms with E-state index in [1.54, 1.807) is 36.4 Å². The summed E-state index contributed by atoms with van der Waals surface area (Å²) in [5.74, 6) is -0.237. The monoisotopic (exact) mass is 431 g/mol. The molecule has 0 bridgehead atoms. The highest BCUT2D eigenvalue weighted by molar-refractivity contribution is 7.89. The second kappa shape index (κ2) is 7.55. The van der Waals surface area contributed by atoms with Gasteiger partial charge in [0.25, 0.3) is 5.91 Å². The van der Waals surface area contributed by atoms with Crippen molar-refractivity contribution in [3.05, 3.63) is 64.7 Å². The predicted molar refractivity (Wildman–Crippen MR) is 113 cm³/mol. The summed E-state index contributed by atoms with van der Waals surface area (Å²) in [7, 11) is -3.56. The molecule has 0 atom stereocenters. The first-order valence-corrected chi connectivity index (χ1v) is 11.4. The highest BCUT2D eigenvalue weighted by Gasteiger charge is 2.44. The molecular formula is C21H22ClN3O3S. The number of rotatable bonds is 4. The maximum atomic E-state index is 13.0. The molecule has 2 aromatic carbocycles. The van der Waals surface area contributed by atoms with Crippen molar-refractivity contribution in [2.45, 2.75) is 36.7 Å². The van der Waals surface area contributed by atoms with Crippen LogP contribution in [0.1, 0.15) is 30.9 Å². The molecule has 2 aromatic rings. The second-order valence-corrected chi connectivity index (χ2v) is 9.73. The van der Waals surface area contributed by atoms with Crippen LogP contribution in [0.4, 0.5) is 0 Å². The lowest BCUT2D eigenvalue weighted by atomic mass is 10.00. The largest absolute Gasteiger partial charge is 0.326 e. The molecule has 0 saturated carbocycles. The highest BCUT2D eigenvalue weighted by atomic mass is 35.5. The minimum atomic E-state index is -3.56. The molecule has 29 heavy (non-hydrogen) atoms. The van der Waals surface area contributed by atoms with Crippen LogP contribution in [0, 0.1) is 0 Å². The van der Waals surface area contributed by atoms with Crippen LogP contribution in [-0.4, -0.2) is 43.1 Å². The highest BCUT2D eigenvalue weighted by Crippen LogP contribution is 2.31. The molecule has 1 N–H and O–H groups in total. The molecule has 0 aliphatic carbocycles. The lowest BCUT2D eigenvalue weighted by Crippen LogP contribution is -2.52. The number of sulfonamides is 1. The first-order valence-electron chi connectivity index (χ1n) is 9.60. The Balaban J connectivity index is 1.51. The maximum Gasteiger partial charge on any atom is 0.272 e. The molecule has 1 spiro atoms. The fourth-order valence-electron chi connectivity index (χ4n) is 3.75. The van der Waals surface area contributed by atoms with E-state index in [1.165, 1.54) is 4.31 Å². The molecule has 2 aliphatic rings. The number of nitrogens with one attached hydrogen (secondary N) is 1. The average molecular weight is 432 g/mol. The van der Waals surface area contributed by atoms with Crippen LogP contribution in [-0.2, 0) is 21.2 Å². The zero-order valence-electron chi connectivity index (χ0n) is 16.1. The van der Waals surface area contributed by atoms with Gasteiger partial charge >= 0.3 is 0 Å². The molecule has 0 unspecified atom stereocenters. The third-order valence-corrected chi connectivity index (χ3v) is 7.69. The molecule has 1 amide bonds. The molecule has 1 saturated heterocycles. The number of aliphatic imine (C=N–C) groups is 1. The van der Waals surface area contributed by atoms with Gasteiger partial charge in [0.1, 0.15) is 11.4 Å². The average Bonchev–Trinajstić information content (AvgIpc) is 3.04. The molecule has 8 heteroatoms. The van der Waals surface area contributed by atoms with Crippen LogP contribution in [0.3, 0.4) is 0 Å². The molecule has 152 valence electrons. The van der Waals surface area contributed by atoms with Gasteiger partial charge in [0.15, 0.2) is 0 Å². The van der Waals surface area contributed by atoms with Crippen LogP contribution in [0.15, 0.2) is 58.4 Å². The maximum absolute atomic E-state index is 13.0. The molecule has 0 aromatic heterocycles. The summed E-state index contributed by atoms with van der Waals surface area (Å²) < 4.78 is 27.4. The Kier molecular flexibility index (Phi) is 5.23. The number of benzene rings is 2. The lowest BCUT2D eigenvalue weighted by molar-refractivity contribution is -0.115. The van der Waals surface area contributed by atoms with E-state index in [4.69, 9.17) is 11.6 Å². The van der Waals surface area contributed by atoms with Gasteiger partial charge in [-0.05, 0) is 36.2 Å². The number of hydrogen-bond donors (Lipinski definition) is 1. The minimum absolute atomic E-state index is 0.237. The molecule has 4 rings (SSSR count). The predicted octanol–water partition coefficient (Wildman–Crippen LogP) is 3.00. The van der Waals surface area contributed by atoms with Gasteiger partial charge in [-0.25, -0.2) is 8.42 Å². The lowest BCUT2D eigenvalue weighted by Gasteiger charge is -2.36. The van der Waals surface area contributed by atoms with Gasteiger partial charge < -0.3 is 5.32 Å². The molecule has 2 aliphatic heterocycles. The quantitative estimate of drug-likeness (QED) is 0.808. The molecule has 0 radical (unpaired) electrons. The summed E-state index contributed by atoms with van der Waals surface area (Å²) >= 11 is 5.92. The topological polar surface area (TPSA) is 78.8 Å². The van der Waals surface area contributed by atoms with Crippen molar-refractivity contribution in [3.8, 4) is 0 Å². The Labute approximate surface area is 175 Å². The fourth-order valence-corrected chi connectivity index (χ4v) is 5.31. The first kappa shape index (κ1) is 20.1. The summed E-state index contributed by atoms with van der Waals surface area (Å²) in [6.45, 7) is 2.63. The molecule has 1 fully saturated rings. The van der Waals surface area contributed by atoms with Crippen LogP contribution < -0.4 is 5.32 Å². The van der Waals surface area contributed by atoms with E-state index >= 15 is 0 Å². The summed E-state index contributed by atoms with van der Waals surface area (Å²) in [6, 6.07) is 14.0. The Morgan fingerprint density at radius 1 is 1.07 bits per heavy atom. The second-order valence-electron chi connectivity index (χ2n) is 7.35. The van der Waals surface area contributed by atoms with Crippen molar-refractivity contribution in [2.75, 3.05) is 13.1 Å². The van der Waals surface area contributed by atoms with E-state index in [-0.39, 0.29) is 5.91 Å². The van der Waals surface area contributed by atoms with Gasteiger partial charge in [-0.15, -0.1) is 0 Å². The number of halogens is 1. The zero-order valence-corrected chi connectivity index (χ0v) is 17.6. The first-order chi connectivity index (χ1) is 13.8. The summed E-state index contributed by atoms with van der Waals surface area (Å²) in [6.07, 6.45) is 1.73. The van der Waals surface area contributed by atoms with Gasteiger partial charge in [0.2, 0.25) is 10.0 Å². The van der Waals surface area contributed by atoms with Gasteiger partial charge in [-0.3, -0.25) is 9.79 Å². The van der Waals surface area contributed by atoms with Crippen LogP contribution in [0.2, 0.25) is 5.02 Å². The van der Waals surface area contributed by atoms with Gasteiger partial charge in [-0.1, -0.05) is 42.8 Å². The van der Waals surface area contributed by atoms with Crippen molar-refractivity contribution in [1.29, 1.82) is 0 Å². The third-order valence-electron chi connectivity index (χ3n) is 5.52. The van der Waals surface area contributed by atoms with Crippen molar-refractivity contribution in [3.63, 3.8) is 0 Å². The van der Waals surface area contributed by atoms with E-state index in [0.29, 0.717) is 47.1 Å². The van der Waals surface area contributed by atoms with Crippen molar-refractivity contribution in [2.24, 2.45) is 4.99 Å². The smallest absolute Gasteiger partial charge is 0.272 e. The number of hydrogen-bond acceptors (Lipinski definition) is 4. The number of piperidine rings is 1. The van der Waals surface area contributed by atoms with Gasteiger partial charge in [0, 0.05) is 36.5 Å². The standard InChI is InChI=1S/C21H22ClN3O3S/c1-2-15-3-9-18(10-4-15)29(27,28)25-13-11-21(12-14-25)23-19(20(26)24-21)16-5-7-17(22)8-6-16/h3-10H,2,11-14H2,1H3,(H,24,26). The van der Waals surface area contributed by atoms with Crippen LogP contribution in [0.25, 0.3) is 0 Å². The van der Waals surface area contributed by atoms with Gasteiger partial charge in [-0.2, -0.15) is 4.31 Å². The van der Waals surface area contributed by atoms with E-state index in [2.05, 4.69) is 10.3 Å². The Bertz CT molecular complexity index is 1060. The summed E-state index contributed by atoms with van der Waals surface area (Å²) in [4.78, 5) is 17.4. The van der Waals surface area contributed by atoms with E-state index < -0.39 is 15.7 Å². The number of nitrogens with zero attached hydrogens (tertiary/aromatic N) is 2. The molecule has 2 heterocycles. The number of carbonyl (C=O) groups excluding carboxylic acids is 1. The van der Waals surface area contributed by atoms with Crippen LogP contribution >= 0.6 is 11.6 Å². The normalized spacial score (nSPS) is 19.2. The number of aryl methyl sites for hydroxylation is 1. The van der Waals surface area contributed by atoms with Crippen molar-refractivity contribution >= 4 is 33.2 Å². The van der Waals surface area contributed by atoms with E-state index in [9.17, 15) is 13.2 Å². The Morgan fingerprint density at radius 3 is 2.28 bits per heavy atom. The Hall–Kier alpha value is -2.22. The number of carbonyl (C=O) groups is 1. The molecular weight excluding hydrogens is 410 g/mol. The van der Waals surface area contributed by atoms with Gasteiger partial charge in [0.05, 0.1) is 4.90 Å². The SMILES string of the molecule is CCc1ccc(S(=O)(=O)N2CCC3(CC2)N=C(c2ccc(Cl)cc2)C(=O)N3)cc1. The van der Waals surface area contributed by atoms with Crippen molar-refractivity contribution in [1.82, 2.24) is 9.62 Å². The number of amides is 1. The van der Waals surface area contributed by atoms with E-state index in [0.717, 1.165) is 12.0 Å². The van der Waals surface area contributed by atoms with E-state index in [1.807, 2.05) is 19.1 Å². The fraction of sp³-hybridized carbons (Fsp3) is 0.333. The zero-order chi connectivity index (χ0) is 20.6. The Morgan fingerprint density at radius 2 is 1.69 bits per heavy atom. The third kappa shape index (κ3) is 3.82. The summed E-state index contributed by atoms with van der Waals surface area (Å²) in [5.41, 5.74) is 1.42. The van der Waals surface area contributed by atoms with Crippen LogP contribution in [0.5, 0.6) is 0 Å².